The molecule has 0 spiro atoms. The number of amides is 2. The number of ether oxygens (including phenoxy) is 4. The van der Waals surface area contributed by atoms with Crippen LogP contribution in [0.15, 0.2) is 143 Å². The minimum absolute atomic E-state index is 0.00563. The lowest BCUT2D eigenvalue weighted by molar-refractivity contribution is -0.444. The molecular formula is C79H96N8O10P+. The highest BCUT2D eigenvalue weighted by atomic mass is 31.2. The number of nitrogens with zero attached hydrogens (tertiary/aromatic N) is 5. The Labute approximate surface area is 578 Å². The van der Waals surface area contributed by atoms with E-state index < -0.39 is 43.8 Å². The molecule has 0 saturated carbocycles. The highest BCUT2D eigenvalue weighted by molar-refractivity contribution is 7.44. The van der Waals surface area contributed by atoms with E-state index in [1.807, 2.05) is 84.9 Å². The number of hydrogen-bond acceptors (Lipinski definition) is 13. The third kappa shape index (κ3) is 15.1. The minimum atomic E-state index is -1.77. The van der Waals surface area contributed by atoms with Gasteiger partial charge in [-0.25, -0.2) is 9.46 Å². The summed E-state index contributed by atoms with van der Waals surface area (Å²) in [5, 5.41) is 15.6. The molecule has 1 fully saturated rings. The Morgan fingerprint density at radius 2 is 1.55 bits per heavy atom. The van der Waals surface area contributed by atoms with Crippen molar-refractivity contribution in [1.82, 2.24) is 24.9 Å². The number of para-hydroxylation sites is 1. The summed E-state index contributed by atoms with van der Waals surface area (Å²) in [5.74, 6) is 1.52. The number of fused-ring (bicyclic) bond motifs is 6. The third-order valence-corrected chi connectivity index (χ3v) is 22.5. The predicted molar refractivity (Wildman–Crippen MR) is 384 cm³/mol. The summed E-state index contributed by atoms with van der Waals surface area (Å²) in [7, 11) is -0.142. The maximum absolute atomic E-state index is 13.9. The van der Waals surface area contributed by atoms with Gasteiger partial charge in [-0.2, -0.15) is 9.84 Å². The van der Waals surface area contributed by atoms with Gasteiger partial charge in [0.15, 0.2) is 12.3 Å². The van der Waals surface area contributed by atoms with Gasteiger partial charge in [-0.05, 0) is 139 Å². The number of aryl methyl sites for hydroxylation is 1. The molecule has 0 aliphatic carbocycles. The van der Waals surface area contributed by atoms with E-state index in [-0.39, 0.29) is 67.0 Å². The number of carbonyl (C=O) groups excluding carboxylic acids is 2. The number of benzene rings is 5. The molecule has 516 valence electrons. The number of nitriles is 1. The van der Waals surface area contributed by atoms with E-state index in [9.17, 15) is 24.4 Å². The zero-order valence-corrected chi connectivity index (χ0v) is 58.7. The van der Waals surface area contributed by atoms with Crippen LogP contribution in [0.5, 0.6) is 11.5 Å². The lowest BCUT2D eigenvalue weighted by atomic mass is 9.71. The van der Waals surface area contributed by atoms with Crippen LogP contribution in [-0.2, 0) is 52.0 Å². The zero-order valence-electron chi connectivity index (χ0n) is 57.8. The van der Waals surface area contributed by atoms with Gasteiger partial charge in [0.25, 0.3) is 14.1 Å². The first-order valence-electron chi connectivity index (χ1n) is 35.6. The van der Waals surface area contributed by atoms with Crippen molar-refractivity contribution in [3.8, 4) is 17.6 Å². The van der Waals surface area contributed by atoms with Crippen LogP contribution in [-0.4, -0.2) is 120 Å². The summed E-state index contributed by atoms with van der Waals surface area (Å²) >= 11 is 0. The fourth-order valence-corrected chi connectivity index (χ4v) is 17.5. The number of methoxy groups -OCH3 is 1. The Hall–Kier alpha value is -8.01. The van der Waals surface area contributed by atoms with Crippen molar-refractivity contribution >= 4 is 49.6 Å². The molecule has 19 heteroatoms. The van der Waals surface area contributed by atoms with Crippen molar-refractivity contribution in [1.29, 1.82) is 5.26 Å². The number of rotatable bonds is 31. The van der Waals surface area contributed by atoms with Crippen molar-refractivity contribution in [3.05, 3.63) is 198 Å². The van der Waals surface area contributed by atoms with Gasteiger partial charge in [0, 0.05) is 98.2 Å². The van der Waals surface area contributed by atoms with E-state index in [4.69, 9.17) is 28.0 Å². The second-order valence-corrected chi connectivity index (χ2v) is 28.9. The fraction of sp³-hybridized carbons (Fsp3) is 0.468. The van der Waals surface area contributed by atoms with Gasteiger partial charge >= 0.3 is 5.69 Å². The molecule has 1 aromatic heterocycles. The van der Waals surface area contributed by atoms with Gasteiger partial charge in [0.05, 0.1) is 55.5 Å². The van der Waals surface area contributed by atoms with E-state index in [0.29, 0.717) is 25.3 Å². The van der Waals surface area contributed by atoms with Gasteiger partial charge in [0.1, 0.15) is 35.5 Å². The number of anilines is 1. The topological polar surface area (TPSA) is 202 Å². The molecule has 6 atom stereocenters. The molecular weight excluding hydrogens is 1250 g/mol. The average molecular weight is 1350 g/mol. The van der Waals surface area contributed by atoms with Crippen LogP contribution in [0, 0.1) is 11.3 Å². The molecule has 12 rings (SSSR count). The number of aromatic nitrogens is 2. The van der Waals surface area contributed by atoms with Crippen molar-refractivity contribution < 1.29 is 42.2 Å². The molecule has 3 N–H and O–H groups in total. The number of carbonyl (C=O) groups is 2. The molecule has 6 aliphatic rings. The van der Waals surface area contributed by atoms with E-state index in [1.54, 1.807) is 7.11 Å². The first-order valence-corrected chi connectivity index (χ1v) is 36.8. The second-order valence-electron chi connectivity index (χ2n) is 27.5. The molecule has 5 unspecified atom stereocenters. The largest absolute Gasteiger partial charge is 0.497 e. The predicted octanol–water partition coefficient (Wildman–Crippen LogP) is 13.3. The summed E-state index contributed by atoms with van der Waals surface area (Å²) in [5.41, 5.74) is 11.1. The molecule has 18 nitrogen and oxygen atoms in total. The number of unbranched alkanes of at least 4 members (excludes halogenated alkanes) is 5. The molecule has 6 aromatic rings. The van der Waals surface area contributed by atoms with Gasteiger partial charge in [-0.15, -0.1) is 0 Å². The van der Waals surface area contributed by atoms with E-state index in [2.05, 4.69) is 107 Å². The summed E-state index contributed by atoms with van der Waals surface area (Å²) in [6, 6.07) is 41.3. The molecule has 98 heavy (non-hydrogen) atoms. The summed E-state index contributed by atoms with van der Waals surface area (Å²) in [4.78, 5) is 58.6. The summed E-state index contributed by atoms with van der Waals surface area (Å²) in [6.07, 6.45) is 17.8. The van der Waals surface area contributed by atoms with Crippen LogP contribution < -0.4 is 36.3 Å². The Kier molecular flexibility index (Phi) is 22.7. The molecule has 0 bridgehead atoms. The molecule has 1 saturated heterocycles. The SMILES string of the molecule is COc1ccc(C(OCC2O[C@@H](n3cc(/C=C/C(=O)NCCCCCCNC(=O)CCCCCC4(C)C5=[N+](CCC6Oc7c(cc8c9c7CCCN9CCC8)C=C56)c5ccccc54)c(=O)[nH]c3=O)CC2OP(OCCC#N)N(C(C)C)C(C)C)(c2ccccc2)c2ccccc2)cc1. The first kappa shape index (κ1) is 69.9. The van der Waals surface area contributed by atoms with Gasteiger partial charge < -0.3 is 43.5 Å². The standard InChI is InChI=1S/C79H95N8O10P/c1-54(2)87(55(3)4)98(94-48-24-42-80)97-68-51-72(95-69(68)53-93-79(59-26-12-9-13-27-59,60-28-14-10-15-29-60)61-35-37-62(92-6)38-36-61)86-52-57(76(90)83-77(86)91)34-39-71(89)82-44-21-8-7-20-43-81-70(88)33-16-11-19-41-78(5)65-31-17-18-32-66(65)85-47-40-67-64(75(78)85)50-58-49-56-25-22-45-84-46-23-30-63(73(56)84)74(58)96-67/h9-10,12-15,17-18,26-29,31-32,34-39,49-50,52,54-55,67-69,72H,7-8,11,16,19-25,30,33,40-41,43-48,51,53H2,1-6H3,(H2-,81,82,83,88,89,90,91)/p+1/b39-34+/t67?,68?,69?,72-,78?,98?/m1/s1. The molecule has 7 heterocycles. The Morgan fingerprint density at radius 3 is 2.27 bits per heavy atom. The van der Waals surface area contributed by atoms with Crippen LogP contribution in [0.1, 0.15) is 175 Å². The zero-order chi connectivity index (χ0) is 68.3. The molecule has 2 amide bonds. The lowest BCUT2D eigenvalue weighted by Gasteiger charge is -2.40. The first-order chi connectivity index (χ1) is 47.7. The summed E-state index contributed by atoms with van der Waals surface area (Å²) < 4.78 is 46.3. The lowest BCUT2D eigenvalue weighted by Crippen LogP contribution is -2.44. The van der Waals surface area contributed by atoms with E-state index in [1.165, 1.54) is 80.7 Å². The minimum Gasteiger partial charge on any atom is -0.497 e. The van der Waals surface area contributed by atoms with Gasteiger partial charge in [-0.3, -0.25) is 23.9 Å². The highest BCUT2D eigenvalue weighted by Crippen LogP contribution is 2.53. The number of H-pyrrole nitrogens is 1. The smallest absolute Gasteiger partial charge is 0.330 e. The quantitative estimate of drug-likeness (QED) is 0.0122. The Bertz CT molecular complexity index is 4000. The normalized spacial score (nSPS) is 20.3. The van der Waals surface area contributed by atoms with Crippen LogP contribution in [0.25, 0.3) is 12.2 Å². The van der Waals surface area contributed by atoms with Crippen LogP contribution in [0.4, 0.5) is 11.4 Å². The fourth-order valence-electron chi connectivity index (χ4n) is 15.7. The van der Waals surface area contributed by atoms with Crippen LogP contribution >= 0.6 is 8.53 Å². The van der Waals surface area contributed by atoms with E-state index in [0.717, 1.165) is 113 Å². The number of aromatic amines is 1. The van der Waals surface area contributed by atoms with Crippen molar-refractivity contribution in [3.63, 3.8) is 0 Å². The Morgan fingerprint density at radius 1 is 0.867 bits per heavy atom. The number of hydrogen-bond donors (Lipinski definition) is 3. The monoisotopic (exact) mass is 1350 g/mol. The maximum Gasteiger partial charge on any atom is 0.330 e. The van der Waals surface area contributed by atoms with Gasteiger partial charge in [0.2, 0.25) is 17.5 Å². The maximum atomic E-state index is 13.9. The van der Waals surface area contributed by atoms with Gasteiger partial charge in [-0.1, -0.05) is 117 Å². The highest BCUT2D eigenvalue weighted by Gasteiger charge is 2.55. The average Bonchev–Trinajstić information content (AvgIpc) is 1.50. The van der Waals surface area contributed by atoms with Crippen LogP contribution in [0.3, 0.4) is 0 Å². The molecule has 6 aliphatic heterocycles. The third-order valence-electron chi connectivity index (χ3n) is 20.3. The number of nitrogens with one attached hydrogen (secondary N) is 3. The van der Waals surface area contributed by atoms with Crippen molar-refractivity contribution in [2.45, 2.75) is 185 Å². The molecule has 5 aromatic carbocycles. The van der Waals surface area contributed by atoms with Crippen molar-refractivity contribution in [2.75, 3.05) is 57.9 Å². The summed E-state index contributed by atoms with van der Waals surface area (Å²) in [6.45, 7) is 15.1. The molecule has 0 radical (unpaired) electrons. The Balaban J connectivity index is 0.624. The van der Waals surface area contributed by atoms with Crippen LogP contribution in [0.2, 0.25) is 0 Å². The van der Waals surface area contributed by atoms with E-state index >= 15 is 0 Å². The van der Waals surface area contributed by atoms with Crippen molar-refractivity contribution in [2.24, 2.45) is 0 Å². The second kappa shape index (κ2) is 31.9.